The quantitative estimate of drug-likeness (QED) is 0.842. The normalized spacial score (nSPS) is 24.6. The van der Waals surface area contributed by atoms with Gasteiger partial charge in [0.1, 0.15) is 0 Å². The summed E-state index contributed by atoms with van der Waals surface area (Å²) in [5.41, 5.74) is 0. The van der Waals surface area contributed by atoms with E-state index < -0.39 is 0 Å². The van der Waals surface area contributed by atoms with Crippen LogP contribution in [0.2, 0.25) is 5.15 Å². The van der Waals surface area contributed by atoms with Crippen molar-refractivity contribution in [1.29, 1.82) is 0 Å². The molecule has 0 unspecified atom stereocenters. The van der Waals surface area contributed by atoms with Gasteiger partial charge in [-0.05, 0) is 25.0 Å². The van der Waals surface area contributed by atoms with E-state index in [0.29, 0.717) is 17.2 Å². The van der Waals surface area contributed by atoms with E-state index in [1.807, 2.05) is 6.07 Å². The number of halogens is 3. The monoisotopic (exact) mass is 314 g/mol. The van der Waals surface area contributed by atoms with Gasteiger partial charge in [0.2, 0.25) is 0 Å². The third kappa shape index (κ3) is 3.59. The summed E-state index contributed by atoms with van der Waals surface area (Å²) in [4.78, 5) is 2.29. The lowest BCUT2D eigenvalue weighted by molar-refractivity contribution is 0.462. The number of rotatable bonds is 1. The van der Waals surface area contributed by atoms with Gasteiger partial charge in [0.15, 0.2) is 11.0 Å². The van der Waals surface area contributed by atoms with E-state index in [4.69, 9.17) is 11.6 Å². The second kappa shape index (κ2) is 7.31. The number of nitrogens with one attached hydrogen (secondary N) is 1. The van der Waals surface area contributed by atoms with Crippen LogP contribution in [0.15, 0.2) is 12.1 Å². The molecule has 2 atom stereocenters. The minimum absolute atomic E-state index is 0. The molecule has 1 aromatic heterocycles. The first kappa shape index (κ1) is 17.7. The summed E-state index contributed by atoms with van der Waals surface area (Å²) in [5, 5.41) is 12.0. The van der Waals surface area contributed by atoms with Crippen LogP contribution in [0.1, 0.15) is 12.8 Å². The Labute approximate surface area is 123 Å². The van der Waals surface area contributed by atoms with Gasteiger partial charge in [-0.1, -0.05) is 11.6 Å². The SMILES string of the molecule is Cl.Cl.Clc1ccc(N2C[C@H]3CC[C@@H](C2)N3)nn1.O. The minimum atomic E-state index is 0. The Balaban J connectivity index is 0.000000963. The van der Waals surface area contributed by atoms with Crippen LogP contribution in [0.3, 0.4) is 0 Å². The molecule has 3 N–H and O–H groups in total. The van der Waals surface area contributed by atoms with Gasteiger partial charge < -0.3 is 15.7 Å². The fourth-order valence-corrected chi connectivity index (χ4v) is 2.56. The highest BCUT2D eigenvalue weighted by atomic mass is 35.5. The van der Waals surface area contributed by atoms with E-state index in [1.165, 1.54) is 12.8 Å². The predicted octanol–water partition coefficient (Wildman–Crippen LogP) is 1.09. The standard InChI is InChI=1S/C10H13ClN4.2ClH.H2O/c11-9-3-4-10(14-13-9)15-5-7-1-2-8(6-15)12-7;;;/h3-4,7-8,12H,1-2,5-6H2;2*1H;1H2/t7-,8+;;;. The van der Waals surface area contributed by atoms with Crippen molar-refractivity contribution in [1.82, 2.24) is 15.5 Å². The molecule has 2 fully saturated rings. The molecule has 3 heterocycles. The van der Waals surface area contributed by atoms with Crippen LogP contribution in [-0.2, 0) is 0 Å². The Morgan fingerprint density at radius 2 is 1.72 bits per heavy atom. The van der Waals surface area contributed by atoms with E-state index in [-0.39, 0.29) is 30.3 Å². The van der Waals surface area contributed by atoms with Crippen LogP contribution >= 0.6 is 36.4 Å². The van der Waals surface area contributed by atoms with Gasteiger partial charge in [-0.3, -0.25) is 0 Å². The first-order chi connectivity index (χ1) is 7.31. The van der Waals surface area contributed by atoms with Gasteiger partial charge in [0, 0.05) is 25.2 Å². The minimum Gasteiger partial charge on any atom is -0.412 e. The highest BCUT2D eigenvalue weighted by Gasteiger charge is 2.32. The maximum absolute atomic E-state index is 5.72. The summed E-state index contributed by atoms with van der Waals surface area (Å²) in [7, 11) is 0. The highest BCUT2D eigenvalue weighted by molar-refractivity contribution is 6.29. The summed E-state index contributed by atoms with van der Waals surface area (Å²) in [6, 6.07) is 5.00. The van der Waals surface area contributed by atoms with Crippen molar-refractivity contribution in [2.45, 2.75) is 24.9 Å². The zero-order chi connectivity index (χ0) is 10.3. The fourth-order valence-electron chi connectivity index (χ4n) is 2.46. The van der Waals surface area contributed by atoms with Crippen LogP contribution in [0.5, 0.6) is 0 Å². The Hall–Kier alpha value is -0.330. The van der Waals surface area contributed by atoms with Crippen molar-refractivity contribution in [3.8, 4) is 0 Å². The maximum Gasteiger partial charge on any atom is 0.151 e. The van der Waals surface area contributed by atoms with Gasteiger partial charge >= 0.3 is 0 Å². The molecule has 8 heteroatoms. The second-order valence-corrected chi connectivity index (χ2v) is 4.64. The zero-order valence-electron chi connectivity index (χ0n) is 9.67. The van der Waals surface area contributed by atoms with Gasteiger partial charge in [0.05, 0.1) is 0 Å². The zero-order valence-corrected chi connectivity index (χ0v) is 12.1. The van der Waals surface area contributed by atoms with E-state index in [9.17, 15) is 0 Å². The van der Waals surface area contributed by atoms with Gasteiger partial charge in [-0.25, -0.2) is 0 Å². The average Bonchev–Trinajstić information content (AvgIpc) is 2.59. The van der Waals surface area contributed by atoms with Crippen molar-refractivity contribution >= 4 is 42.2 Å². The Morgan fingerprint density at radius 1 is 1.11 bits per heavy atom. The molecule has 2 aliphatic rings. The van der Waals surface area contributed by atoms with E-state index in [2.05, 4.69) is 20.4 Å². The summed E-state index contributed by atoms with van der Waals surface area (Å²) < 4.78 is 0. The largest absolute Gasteiger partial charge is 0.412 e. The Kier molecular flexibility index (Phi) is 7.17. The lowest BCUT2D eigenvalue weighted by atomic mass is 10.2. The summed E-state index contributed by atoms with van der Waals surface area (Å²) >= 11 is 5.72. The topological polar surface area (TPSA) is 72.5 Å². The molecule has 18 heavy (non-hydrogen) atoms. The smallest absolute Gasteiger partial charge is 0.151 e. The molecule has 0 spiro atoms. The van der Waals surface area contributed by atoms with Crippen LogP contribution < -0.4 is 10.2 Å². The molecule has 1 aromatic rings. The second-order valence-electron chi connectivity index (χ2n) is 4.26. The molecule has 2 saturated heterocycles. The average molecular weight is 316 g/mol. The summed E-state index contributed by atoms with van der Waals surface area (Å²) in [6.07, 6.45) is 2.56. The van der Waals surface area contributed by atoms with Gasteiger partial charge in [-0.2, -0.15) is 0 Å². The molecule has 0 aromatic carbocycles. The van der Waals surface area contributed by atoms with Gasteiger partial charge in [-0.15, -0.1) is 35.0 Å². The lowest BCUT2D eigenvalue weighted by Gasteiger charge is -2.33. The third-order valence-electron chi connectivity index (χ3n) is 3.16. The van der Waals surface area contributed by atoms with E-state index in [0.717, 1.165) is 18.9 Å². The van der Waals surface area contributed by atoms with Crippen molar-refractivity contribution < 1.29 is 5.48 Å². The number of aromatic nitrogens is 2. The van der Waals surface area contributed by atoms with E-state index >= 15 is 0 Å². The van der Waals surface area contributed by atoms with Crippen LogP contribution in [0.25, 0.3) is 0 Å². The lowest BCUT2D eigenvalue weighted by Crippen LogP contribution is -2.51. The first-order valence-corrected chi connectivity index (χ1v) is 5.69. The van der Waals surface area contributed by atoms with Crippen LogP contribution in [0, 0.1) is 0 Å². The van der Waals surface area contributed by atoms with Crippen LogP contribution in [-0.4, -0.2) is 40.8 Å². The maximum atomic E-state index is 5.72. The van der Waals surface area contributed by atoms with Crippen molar-refractivity contribution in [3.05, 3.63) is 17.3 Å². The van der Waals surface area contributed by atoms with E-state index in [1.54, 1.807) is 6.07 Å². The molecule has 0 saturated carbocycles. The highest BCUT2D eigenvalue weighted by Crippen LogP contribution is 2.23. The number of hydrogen-bond donors (Lipinski definition) is 1. The molecule has 0 aliphatic carbocycles. The molecule has 104 valence electrons. The molecular weight excluding hydrogens is 298 g/mol. The van der Waals surface area contributed by atoms with Crippen molar-refractivity contribution in [2.24, 2.45) is 0 Å². The summed E-state index contributed by atoms with van der Waals surface area (Å²) in [5.74, 6) is 0.942. The first-order valence-electron chi connectivity index (χ1n) is 5.31. The number of nitrogens with zero attached hydrogens (tertiary/aromatic N) is 3. The Bertz CT molecular complexity index is 353. The Morgan fingerprint density at radius 3 is 2.22 bits per heavy atom. The predicted molar refractivity (Wildman–Crippen MR) is 77.3 cm³/mol. The fraction of sp³-hybridized carbons (Fsp3) is 0.600. The molecule has 0 amide bonds. The number of hydrogen-bond acceptors (Lipinski definition) is 4. The number of piperazine rings is 1. The van der Waals surface area contributed by atoms with Crippen LogP contribution in [0.4, 0.5) is 5.82 Å². The van der Waals surface area contributed by atoms with Crippen molar-refractivity contribution in [3.63, 3.8) is 0 Å². The molecule has 0 radical (unpaired) electrons. The summed E-state index contributed by atoms with van der Waals surface area (Å²) in [6.45, 7) is 2.07. The molecule has 2 bridgehead atoms. The third-order valence-corrected chi connectivity index (χ3v) is 3.36. The molecular formula is C10H17Cl3N4O. The molecule has 3 rings (SSSR count). The molecule has 5 nitrogen and oxygen atoms in total. The molecule has 2 aliphatic heterocycles. The van der Waals surface area contributed by atoms with Crippen molar-refractivity contribution in [2.75, 3.05) is 18.0 Å². The van der Waals surface area contributed by atoms with Gasteiger partial charge in [0.25, 0.3) is 0 Å². The number of fused-ring (bicyclic) bond motifs is 2. The number of anilines is 1.